The van der Waals surface area contributed by atoms with E-state index in [4.69, 9.17) is 16.6 Å². The first kappa shape index (κ1) is 20.7. The zero-order valence-corrected chi connectivity index (χ0v) is 17.8. The summed E-state index contributed by atoms with van der Waals surface area (Å²) in [6, 6.07) is 19.2. The van der Waals surface area contributed by atoms with Crippen LogP contribution in [0, 0.1) is 0 Å². The molecule has 6 nitrogen and oxygen atoms in total. The van der Waals surface area contributed by atoms with E-state index in [0.29, 0.717) is 18.1 Å². The number of amides is 1. The van der Waals surface area contributed by atoms with Crippen molar-refractivity contribution in [3.05, 3.63) is 83.5 Å². The average Bonchev–Trinajstić information content (AvgIpc) is 3.17. The SMILES string of the molecule is Bc1cnn2c(NCCNC(=O)/C=C/c3ccccc3)cc(-c3ccccc3Cl)nc12. The summed E-state index contributed by atoms with van der Waals surface area (Å²) in [4.78, 5) is 16.8. The van der Waals surface area contributed by atoms with Crippen molar-refractivity contribution in [2.75, 3.05) is 18.4 Å². The van der Waals surface area contributed by atoms with E-state index in [1.807, 2.05) is 68.5 Å². The maximum atomic E-state index is 12.1. The Kier molecular flexibility index (Phi) is 6.33. The molecule has 0 aliphatic rings. The Labute approximate surface area is 186 Å². The Balaban J connectivity index is 1.44. The van der Waals surface area contributed by atoms with E-state index in [1.54, 1.807) is 16.8 Å². The van der Waals surface area contributed by atoms with E-state index >= 15 is 0 Å². The van der Waals surface area contributed by atoms with Crippen LogP contribution in [0.2, 0.25) is 5.02 Å². The molecule has 4 aromatic rings. The largest absolute Gasteiger partial charge is 0.368 e. The van der Waals surface area contributed by atoms with Crippen molar-refractivity contribution >= 4 is 48.4 Å². The molecular weight excluding hydrogens is 409 g/mol. The van der Waals surface area contributed by atoms with Crippen LogP contribution in [0.5, 0.6) is 0 Å². The molecule has 0 aliphatic heterocycles. The Morgan fingerprint density at radius 1 is 1.10 bits per heavy atom. The van der Waals surface area contributed by atoms with Crippen LogP contribution in [-0.2, 0) is 4.79 Å². The van der Waals surface area contributed by atoms with E-state index < -0.39 is 0 Å². The van der Waals surface area contributed by atoms with Crippen LogP contribution < -0.4 is 16.1 Å². The van der Waals surface area contributed by atoms with Crippen molar-refractivity contribution in [2.24, 2.45) is 0 Å². The summed E-state index contributed by atoms with van der Waals surface area (Å²) < 4.78 is 1.76. The topological polar surface area (TPSA) is 71.3 Å². The molecule has 4 rings (SSSR count). The lowest BCUT2D eigenvalue weighted by atomic mass is 10.0. The van der Waals surface area contributed by atoms with Crippen LogP contribution in [0.25, 0.3) is 23.0 Å². The number of halogens is 1. The van der Waals surface area contributed by atoms with Crippen LogP contribution >= 0.6 is 11.6 Å². The molecule has 31 heavy (non-hydrogen) atoms. The van der Waals surface area contributed by atoms with Gasteiger partial charge >= 0.3 is 0 Å². The molecule has 0 spiro atoms. The van der Waals surface area contributed by atoms with E-state index in [1.165, 1.54) is 6.08 Å². The number of aromatic nitrogens is 3. The Morgan fingerprint density at radius 3 is 2.68 bits per heavy atom. The molecule has 0 bridgehead atoms. The number of carbonyl (C=O) groups excluding carboxylic acids is 1. The van der Waals surface area contributed by atoms with E-state index in [2.05, 4.69) is 15.7 Å². The molecule has 0 fully saturated rings. The van der Waals surface area contributed by atoms with Gasteiger partial charge in [0.25, 0.3) is 0 Å². The van der Waals surface area contributed by atoms with Gasteiger partial charge in [-0.1, -0.05) is 60.1 Å². The van der Waals surface area contributed by atoms with E-state index in [9.17, 15) is 4.79 Å². The number of benzene rings is 2. The minimum Gasteiger partial charge on any atom is -0.368 e. The first-order valence-electron chi connectivity index (χ1n) is 9.97. The number of anilines is 1. The summed E-state index contributed by atoms with van der Waals surface area (Å²) in [6.45, 7) is 0.994. The molecule has 0 saturated heterocycles. The minimum absolute atomic E-state index is 0.141. The zero-order chi connectivity index (χ0) is 21.6. The fourth-order valence-electron chi connectivity index (χ4n) is 3.18. The second-order valence-electron chi connectivity index (χ2n) is 7.03. The van der Waals surface area contributed by atoms with Crippen LogP contribution in [0.1, 0.15) is 5.56 Å². The molecule has 0 atom stereocenters. The third-order valence-corrected chi connectivity index (χ3v) is 5.08. The molecular formula is C23H21BClN5O. The predicted octanol–water partition coefficient (Wildman–Crippen LogP) is 2.55. The fraction of sp³-hybridized carbons (Fsp3) is 0.0870. The smallest absolute Gasteiger partial charge is 0.244 e. The zero-order valence-electron chi connectivity index (χ0n) is 17.0. The number of fused-ring (bicyclic) bond motifs is 1. The monoisotopic (exact) mass is 429 g/mol. The molecule has 1 amide bonds. The van der Waals surface area contributed by atoms with Gasteiger partial charge in [-0.3, -0.25) is 4.79 Å². The van der Waals surface area contributed by atoms with Crippen molar-refractivity contribution < 1.29 is 4.79 Å². The molecule has 0 saturated carbocycles. The lowest BCUT2D eigenvalue weighted by Gasteiger charge is -2.12. The van der Waals surface area contributed by atoms with Gasteiger partial charge in [-0.05, 0) is 23.2 Å². The molecule has 154 valence electrons. The van der Waals surface area contributed by atoms with Gasteiger partial charge in [-0.15, -0.1) is 0 Å². The first-order chi connectivity index (χ1) is 15.1. The minimum atomic E-state index is -0.141. The van der Waals surface area contributed by atoms with Crippen LogP contribution in [-0.4, -0.2) is 41.4 Å². The number of hydrogen-bond acceptors (Lipinski definition) is 4. The maximum Gasteiger partial charge on any atom is 0.244 e. The number of nitrogens with zero attached hydrogens (tertiary/aromatic N) is 3. The molecule has 2 aromatic heterocycles. The highest BCUT2D eigenvalue weighted by atomic mass is 35.5. The first-order valence-corrected chi connectivity index (χ1v) is 10.3. The summed E-state index contributed by atoms with van der Waals surface area (Å²) in [5.74, 6) is 0.638. The van der Waals surface area contributed by atoms with Gasteiger partial charge in [0, 0.05) is 42.0 Å². The van der Waals surface area contributed by atoms with Gasteiger partial charge in [0.15, 0.2) is 5.65 Å². The Morgan fingerprint density at radius 2 is 1.87 bits per heavy atom. The molecule has 2 aromatic carbocycles. The molecule has 0 radical (unpaired) electrons. The van der Waals surface area contributed by atoms with Crippen molar-refractivity contribution in [2.45, 2.75) is 0 Å². The third-order valence-electron chi connectivity index (χ3n) is 4.76. The standard InChI is InChI=1S/C23H21BClN5O/c24-18-15-28-30-21(14-20(29-23(18)30)17-8-4-5-9-19(17)25)26-12-13-27-22(31)11-10-16-6-2-1-3-7-16/h1-11,14-15,26H,12-13,24H2,(H,27,31)/b11-10+. The molecule has 0 unspecified atom stereocenters. The molecule has 8 heteroatoms. The summed E-state index contributed by atoms with van der Waals surface area (Å²) in [7, 11) is 1.97. The highest BCUT2D eigenvalue weighted by Crippen LogP contribution is 2.28. The Hall–Kier alpha value is -3.58. The summed E-state index contributed by atoms with van der Waals surface area (Å²) in [6.07, 6.45) is 5.10. The number of carbonyl (C=O) groups is 1. The van der Waals surface area contributed by atoms with Gasteiger partial charge in [-0.25, -0.2) is 4.98 Å². The fourth-order valence-corrected chi connectivity index (χ4v) is 3.41. The molecule has 2 N–H and O–H groups in total. The highest BCUT2D eigenvalue weighted by Gasteiger charge is 2.12. The summed E-state index contributed by atoms with van der Waals surface area (Å²) >= 11 is 6.37. The van der Waals surface area contributed by atoms with E-state index in [-0.39, 0.29) is 5.91 Å². The quantitative estimate of drug-likeness (QED) is 0.269. The lowest BCUT2D eigenvalue weighted by Crippen LogP contribution is -2.27. The number of nitrogens with one attached hydrogen (secondary N) is 2. The van der Waals surface area contributed by atoms with Crippen molar-refractivity contribution in [1.29, 1.82) is 0 Å². The van der Waals surface area contributed by atoms with Gasteiger partial charge in [0.05, 0.1) is 5.69 Å². The predicted molar refractivity (Wildman–Crippen MR) is 129 cm³/mol. The van der Waals surface area contributed by atoms with Crippen LogP contribution in [0.15, 0.2) is 72.9 Å². The van der Waals surface area contributed by atoms with Gasteiger partial charge < -0.3 is 10.6 Å². The van der Waals surface area contributed by atoms with Crippen LogP contribution in [0.3, 0.4) is 0 Å². The maximum absolute atomic E-state index is 12.1. The lowest BCUT2D eigenvalue weighted by molar-refractivity contribution is -0.116. The second-order valence-corrected chi connectivity index (χ2v) is 7.44. The number of rotatable bonds is 7. The van der Waals surface area contributed by atoms with Crippen molar-refractivity contribution in [3.63, 3.8) is 0 Å². The van der Waals surface area contributed by atoms with Crippen LogP contribution in [0.4, 0.5) is 5.82 Å². The van der Waals surface area contributed by atoms with Gasteiger partial charge in [0.2, 0.25) is 5.91 Å². The normalized spacial score (nSPS) is 11.1. The summed E-state index contributed by atoms with van der Waals surface area (Å²) in [5, 5.41) is 11.3. The third kappa shape index (κ3) is 4.95. The molecule has 2 heterocycles. The van der Waals surface area contributed by atoms with Gasteiger partial charge in [0.1, 0.15) is 13.7 Å². The van der Waals surface area contributed by atoms with Crippen molar-refractivity contribution in [1.82, 2.24) is 19.9 Å². The average molecular weight is 430 g/mol. The highest BCUT2D eigenvalue weighted by molar-refractivity contribution is 6.36. The Bertz CT molecular complexity index is 1240. The van der Waals surface area contributed by atoms with Gasteiger partial charge in [-0.2, -0.15) is 9.61 Å². The second kappa shape index (κ2) is 9.49. The number of hydrogen-bond donors (Lipinski definition) is 2. The van der Waals surface area contributed by atoms with E-state index in [0.717, 1.165) is 33.7 Å². The van der Waals surface area contributed by atoms with Crippen molar-refractivity contribution in [3.8, 4) is 11.3 Å². The molecule has 0 aliphatic carbocycles. The summed E-state index contributed by atoms with van der Waals surface area (Å²) in [5.41, 5.74) is 4.33.